The summed E-state index contributed by atoms with van der Waals surface area (Å²) in [5.41, 5.74) is -1.60. The fourth-order valence-electron chi connectivity index (χ4n) is 3.72. The highest BCUT2D eigenvalue weighted by Crippen LogP contribution is 2.35. The molecule has 0 aromatic heterocycles. The van der Waals surface area contributed by atoms with Gasteiger partial charge in [0, 0.05) is 13.0 Å². The number of ether oxygens (including phenoxy) is 4. The fourth-order valence-corrected chi connectivity index (χ4v) is 3.72. The van der Waals surface area contributed by atoms with Gasteiger partial charge in [0.1, 0.15) is 23.4 Å². The molecule has 35 heavy (non-hydrogen) atoms. The van der Waals surface area contributed by atoms with Crippen LogP contribution in [0, 0.1) is 0 Å². The summed E-state index contributed by atoms with van der Waals surface area (Å²) in [5, 5.41) is 2.39. The van der Waals surface area contributed by atoms with Crippen molar-refractivity contribution >= 4 is 24.1 Å². The lowest BCUT2D eigenvalue weighted by molar-refractivity contribution is -0.152. The van der Waals surface area contributed by atoms with Gasteiger partial charge in [0.05, 0.1) is 13.7 Å². The largest absolute Gasteiger partial charge is 0.467 e. The summed E-state index contributed by atoms with van der Waals surface area (Å²) in [6.07, 6.45) is 0.528. The minimum absolute atomic E-state index is 0.0392. The van der Waals surface area contributed by atoms with Gasteiger partial charge in [-0.05, 0) is 46.1 Å². The third-order valence-corrected chi connectivity index (χ3v) is 5.25. The Labute approximate surface area is 205 Å². The molecular formula is C25H34N2O8. The summed E-state index contributed by atoms with van der Waals surface area (Å²) >= 11 is 0. The average Bonchev–Trinajstić information content (AvgIpc) is 3.24. The van der Waals surface area contributed by atoms with Crippen LogP contribution in [0.25, 0.3) is 0 Å². The van der Waals surface area contributed by atoms with Crippen molar-refractivity contribution in [2.45, 2.75) is 64.7 Å². The van der Waals surface area contributed by atoms with Crippen LogP contribution in [0.3, 0.4) is 0 Å². The van der Waals surface area contributed by atoms with Crippen molar-refractivity contribution in [1.82, 2.24) is 10.2 Å². The van der Waals surface area contributed by atoms with Gasteiger partial charge in [0.2, 0.25) is 0 Å². The van der Waals surface area contributed by atoms with E-state index < -0.39 is 35.3 Å². The molecule has 1 atom stereocenters. The highest BCUT2D eigenvalue weighted by Gasteiger charge is 2.51. The van der Waals surface area contributed by atoms with Crippen LogP contribution >= 0.6 is 0 Å². The Kier molecular flexibility index (Phi) is 9.68. The van der Waals surface area contributed by atoms with Crippen LogP contribution in [0.5, 0.6) is 0 Å². The van der Waals surface area contributed by atoms with Crippen LogP contribution in [0.15, 0.2) is 42.1 Å². The number of alkyl carbamates (subject to hydrolysis) is 1. The van der Waals surface area contributed by atoms with E-state index in [0.717, 1.165) is 5.56 Å². The van der Waals surface area contributed by atoms with E-state index in [1.807, 2.05) is 30.3 Å². The van der Waals surface area contributed by atoms with Gasteiger partial charge in [-0.15, -0.1) is 0 Å². The molecule has 1 aliphatic heterocycles. The van der Waals surface area contributed by atoms with Crippen LogP contribution in [0.1, 0.15) is 52.5 Å². The second kappa shape index (κ2) is 12.2. The Bertz CT molecular complexity index is 939. The average molecular weight is 491 g/mol. The number of benzene rings is 1. The molecule has 1 aliphatic rings. The van der Waals surface area contributed by atoms with E-state index in [0.29, 0.717) is 12.8 Å². The summed E-state index contributed by atoms with van der Waals surface area (Å²) in [5.74, 6) is -1.45. The summed E-state index contributed by atoms with van der Waals surface area (Å²) in [4.78, 5) is 52.0. The molecule has 2 rings (SSSR count). The maximum absolute atomic E-state index is 13.0. The Morgan fingerprint density at radius 2 is 1.80 bits per heavy atom. The van der Waals surface area contributed by atoms with Crippen molar-refractivity contribution in [2.24, 2.45) is 0 Å². The molecule has 1 aromatic rings. The van der Waals surface area contributed by atoms with Crippen molar-refractivity contribution in [1.29, 1.82) is 0 Å². The molecule has 0 bridgehead atoms. The van der Waals surface area contributed by atoms with Gasteiger partial charge < -0.3 is 18.9 Å². The number of hydrogen-bond donors (Lipinski definition) is 1. The lowest BCUT2D eigenvalue weighted by Gasteiger charge is -2.34. The molecule has 0 saturated carbocycles. The number of methoxy groups -OCH3 is 1. The topological polar surface area (TPSA) is 120 Å². The monoisotopic (exact) mass is 490 g/mol. The molecule has 0 aliphatic carbocycles. The molecule has 1 N–H and O–H groups in total. The van der Waals surface area contributed by atoms with Gasteiger partial charge in [-0.2, -0.15) is 0 Å². The fraction of sp³-hybridized carbons (Fsp3) is 0.520. The number of nitrogens with one attached hydrogen (secondary N) is 1. The Morgan fingerprint density at radius 3 is 2.40 bits per heavy atom. The number of nitrogens with zero attached hydrogens (tertiary/aromatic N) is 1. The van der Waals surface area contributed by atoms with E-state index in [9.17, 15) is 19.2 Å². The minimum Gasteiger partial charge on any atom is -0.467 e. The number of amides is 2. The maximum atomic E-state index is 13.0. The second-order valence-corrected chi connectivity index (χ2v) is 8.99. The minimum atomic E-state index is -1.41. The number of likely N-dealkylation sites (tertiary alicyclic amines) is 1. The van der Waals surface area contributed by atoms with E-state index in [1.54, 1.807) is 27.7 Å². The first-order valence-corrected chi connectivity index (χ1v) is 11.5. The molecule has 1 saturated heterocycles. The zero-order valence-electron chi connectivity index (χ0n) is 20.9. The number of carbonyl (C=O) groups is 4. The number of rotatable bonds is 8. The molecule has 192 valence electrons. The highest BCUT2D eigenvalue weighted by molar-refractivity contribution is 5.93. The lowest BCUT2D eigenvalue weighted by Crippen LogP contribution is -2.53. The van der Waals surface area contributed by atoms with E-state index in [-0.39, 0.29) is 31.9 Å². The number of esters is 2. The molecule has 0 spiro atoms. The second-order valence-electron chi connectivity index (χ2n) is 8.99. The highest BCUT2D eigenvalue weighted by atomic mass is 16.6. The Balaban J connectivity index is 2.27. The third-order valence-electron chi connectivity index (χ3n) is 5.25. The van der Waals surface area contributed by atoms with Crippen LogP contribution in [-0.2, 0) is 35.1 Å². The summed E-state index contributed by atoms with van der Waals surface area (Å²) < 4.78 is 20.7. The van der Waals surface area contributed by atoms with Gasteiger partial charge in [-0.3, -0.25) is 10.2 Å². The maximum Gasteiger partial charge on any atom is 0.412 e. The van der Waals surface area contributed by atoms with Crippen molar-refractivity contribution in [3.05, 3.63) is 47.7 Å². The molecule has 10 nitrogen and oxygen atoms in total. The zero-order valence-corrected chi connectivity index (χ0v) is 20.9. The molecule has 1 fully saturated rings. The van der Waals surface area contributed by atoms with Crippen LogP contribution in [0.2, 0.25) is 0 Å². The Morgan fingerprint density at radius 1 is 1.11 bits per heavy atom. The van der Waals surface area contributed by atoms with Gasteiger partial charge in [-0.25, -0.2) is 19.2 Å². The smallest absolute Gasteiger partial charge is 0.412 e. The lowest BCUT2D eigenvalue weighted by atomic mass is 9.91. The van der Waals surface area contributed by atoms with Crippen LogP contribution < -0.4 is 5.32 Å². The van der Waals surface area contributed by atoms with Crippen molar-refractivity contribution < 1.29 is 38.1 Å². The van der Waals surface area contributed by atoms with Gasteiger partial charge in [-0.1, -0.05) is 36.4 Å². The zero-order chi connectivity index (χ0) is 26.1. The third kappa shape index (κ3) is 7.73. The molecule has 1 heterocycles. The summed E-state index contributed by atoms with van der Waals surface area (Å²) in [6.45, 7) is 7.06. The molecule has 0 radical (unpaired) electrons. The molecular weight excluding hydrogens is 456 g/mol. The van der Waals surface area contributed by atoms with Crippen molar-refractivity contribution in [2.75, 3.05) is 20.3 Å². The normalized spacial score (nSPS) is 18.0. The molecule has 1 aromatic carbocycles. The van der Waals surface area contributed by atoms with Crippen LogP contribution in [-0.4, -0.2) is 60.4 Å². The Hall–Kier alpha value is -3.56. The van der Waals surface area contributed by atoms with E-state index >= 15 is 0 Å². The van der Waals surface area contributed by atoms with E-state index in [1.165, 1.54) is 18.1 Å². The van der Waals surface area contributed by atoms with E-state index in [2.05, 4.69) is 5.32 Å². The molecule has 2 amide bonds. The predicted molar refractivity (Wildman–Crippen MR) is 126 cm³/mol. The number of hydrogen-bond acceptors (Lipinski definition) is 8. The number of carbonyl (C=O) groups excluding carboxylic acids is 4. The van der Waals surface area contributed by atoms with Crippen molar-refractivity contribution in [3.8, 4) is 0 Å². The van der Waals surface area contributed by atoms with Gasteiger partial charge in [0.15, 0.2) is 0 Å². The first-order valence-electron chi connectivity index (χ1n) is 11.5. The summed E-state index contributed by atoms with van der Waals surface area (Å²) in [7, 11) is 1.23. The van der Waals surface area contributed by atoms with Crippen molar-refractivity contribution in [3.63, 3.8) is 0 Å². The summed E-state index contributed by atoms with van der Waals surface area (Å²) in [6, 6.07) is 9.16. The van der Waals surface area contributed by atoms with Gasteiger partial charge in [0.25, 0.3) is 0 Å². The SMILES string of the molecule is CCOC(=O)/C(=C\C[C@@]1(C(=O)OC)CCCN1C(=O)OCc1ccccc1)NC(=O)OC(C)(C)C. The van der Waals surface area contributed by atoms with E-state index in [4.69, 9.17) is 18.9 Å². The first kappa shape index (κ1) is 27.7. The van der Waals surface area contributed by atoms with Gasteiger partial charge >= 0.3 is 24.1 Å². The first-order chi connectivity index (χ1) is 16.5. The molecule has 0 unspecified atom stereocenters. The molecule has 10 heteroatoms. The van der Waals surface area contributed by atoms with Crippen LogP contribution in [0.4, 0.5) is 9.59 Å². The predicted octanol–water partition coefficient (Wildman–Crippen LogP) is 3.69. The quantitative estimate of drug-likeness (QED) is 0.333. The standard InChI is InChI=1S/C25H34N2O8/c1-6-33-20(28)19(26-22(30)35-24(2,3)4)13-15-25(21(29)32-5)14-10-16-27(25)23(31)34-17-18-11-8-7-9-12-18/h7-9,11-13H,6,10,14-17H2,1-5H3,(H,26,30)/b19-13+/t25-/m1/s1.